The van der Waals surface area contributed by atoms with Gasteiger partial charge in [0.1, 0.15) is 0 Å². The van der Waals surface area contributed by atoms with Crippen molar-refractivity contribution in [3.8, 4) is 0 Å². The second-order valence-electron chi connectivity index (χ2n) is 6.16. The van der Waals surface area contributed by atoms with E-state index >= 15 is 0 Å². The molecule has 1 aliphatic carbocycles. The number of halogens is 2. The molecule has 4 heteroatoms. The van der Waals surface area contributed by atoms with Crippen LogP contribution in [0.4, 0.5) is 0 Å². The Bertz CT molecular complexity index is 529. The molecule has 0 fully saturated rings. The first-order valence-corrected chi connectivity index (χ1v) is 6.95. The van der Waals surface area contributed by atoms with E-state index in [-0.39, 0.29) is 56.4 Å². The monoisotopic (exact) mass is 417 g/mol. The quantitative estimate of drug-likeness (QED) is 0.500. The number of allylic oxidation sites excluding steroid dienone is 4. The van der Waals surface area contributed by atoms with Crippen LogP contribution in [0.15, 0.2) is 16.7 Å². The van der Waals surface area contributed by atoms with E-state index in [1.54, 1.807) is 0 Å². The zero-order chi connectivity index (χ0) is 15.0. The van der Waals surface area contributed by atoms with E-state index in [9.17, 15) is 0 Å². The second kappa shape index (κ2) is 10.2. The van der Waals surface area contributed by atoms with E-state index in [4.69, 9.17) is 0 Å². The normalized spacial score (nSPS) is 14.9. The van der Waals surface area contributed by atoms with Gasteiger partial charge >= 0.3 is 26.2 Å². The number of hydrogen-bond donors (Lipinski definition) is 0. The topological polar surface area (TPSA) is 12.9 Å². The van der Waals surface area contributed by atoms with Crippen LogP contribution in [0.3, 0.4) is 0 Å². The van der Waals surface area contributed by atoms with Crippen molar-refractivity contribution in [3.05, 3.63) is 45.3 Å². The van der Waals surface area contributed by atoms with Crippen molar-refractivity contribution in [1.82, 2.24) is 4.98 Å². The van der Waals surface area contributed by atoms with Gasteiger partial charge in [-0.1, -0.05) is 66.5 Å². The zero-order valence-electron chi connectivity index (χ0n) is 15.2. The van der Waals surface area contributed by atoms with Gasteiger partial charge in [0.2, 0.25) is 0 Å². The van der Waals surface area contributed by atoms with Gasteiger partial charge in [-0.15, -0.1) is 18.2 Å². The number of rotatable bonds is 0. The minimum atomic E-state index is 0. The van der Waals surface area contributed by atoms with Crippen molar-refractivity contribution < 1.29 is 51.0 Å². The molecular formula is C18H27Cl2NZr. The van der Waals surface area contributed by atoms with Gasteiger partial charge in [-0.3, -0.25) is 6.08 Å². The molecule has 1 nitrogen and oxygen atoms in total. The Labute approximate surface area is 168 Å². The van der Waals surface area contributed by atoms with Crippen LogP contribution in [-0.2, 0) is 26.2 Å². The molecule has 0 bridgehead atoms. The number of aromatic nitrogens is 1. The van der Waals surface area contributed by atoms with E-state index in [0.717, 1.165) is 0 Å². The fourth-order valence-corrected chi connectivity index (χ4v) is 2.37. The first kappa shape index (κ1) is 27.1. The Morgan fingerprint density at radius 3 is 1.50 bits per heavy atom. The van der Waals surface area contributed by atoms with E-state index in [1.165, 1.54) is 39.2 Å². The molecule has 0 atom stereocenters. The van der Waals surface area contributed by atoms with Crippen LogP contribution in [0.2, 0.25) is 0 Å². The number of aryl methyl sites for hydroxylation is 2. The first-order chi connectivity index (χ1) is 8.58. The summed E-state index contributed by atoms with van der Waals surface area (Å²) in [4.78, 5) is 4.31. The minimum Gasteiger partial charge on any atom is -1.00 e. The predicted octanol–water partition coefficient (Wildman–Crippen LogP) is -0.848. The third-order valence-corrected chi connectivity index (χ3v) is 4.55. The summed E-state index contributed by atoms with van der Waals surface area (Å²) in [5.74, 6) is 0. The average Bonchev–Trinajstić information content (AvgIpc) is 2.63. The molecule has 0 aliphatic heterocycles. The molecule has 1 aromatic rings. The van der Waals surface area contributed by atoms with Gasteiger partial charge in [-0.2, -0.15) is 16.7 Å². The Hall–Kier alpha value is 0.223. The molecule has 2 rings (SSSR count). The summed E-state index contributed by atoms with van der Waals surface area (Å²) in [5, 5.41) is 0. The van der Waals surface area contributed by atoms with Crippen LogP contribution in [0, 0.1) is 39.2 Å². The van der Waals surface area contributed by atoms with Crippen LogP contribution >= 0.6 is 0 Å². The van der Waals surface area contributed by atoms with E-state index < -0.39 is 0 Å². The summed E-state index contributed by atoms with van der Waals surface area (Å²) in [6, 6.07) is 0. The Morgan fingerprint density at radius 2 is 1.41 bits per heavy atom. The summed E-state index contributed by atoms with van der Waals surface area (Å²) in [5.41, 5.74) is 9.42. The number of nitrogens with zero attached hydrogens (tertiary/aromatic N) is 1. The van der Waals surface area contributed by atoms with Crippen molar-refractivity contribution in [2.75, 3.05) is 0 Å². The van der Waals surface area contributed by atoms with Gasteiger partial charge in [-0.05, 0) is 0 Å². The standard InChI is InChI=1S/C10H15.C8H12N.2ClH.Zr/c1-7-6-10(4,5)9(3)8(7)2;1-5-6(2)8(4)9-7(5)3;;;/h1-5H3;1-4H3;2*1H;/q2*-1;;;+4/p-2. The second-order valence-corrected chi connectivity index (χ2v) is 6.16. The van der Waals surface area contributed by atoms with Gasteiger partial charge in [0, 0.05) is 0 Å². The van der Waals surface area contributed by atoms with Crippen molar-refractivity contribution in [1.29, 1.82) is 0 Å². The van der Waals surface area contributed by atoms with Crippen LogP contribution in [0.25, 0.3) is 0 Å². The van der Waals surface area contributed by atoms with Crippen LogP contribution in [0.1, 0.15) is 57.1 Å². The van der Waals surface area contributed by atoms with Crippen LogP contribution < -0.4 is 24.8 Å². The Kier molecular flexibility index (Phi) is 12.5. The third-order valence-electron chi connectivity index (χ3n) is 4.55. The molecule has 1 aromatic heterocycles. The van der Waals surface area contributed by atoms with Gasteiger partial charge in [0.15, 0.2) is 0 Å². The zero-order valence-corrected chi connectivity index (χ0v) is 19.2. The predicted molar refractivity (Wildman–Crippen MR) is 83.4 cm³/mol. The van der Waals surface area contributed by atoms with Gasteiger partial charge < -0.3 is 29.8 Å². The largest absolute Gasteiger partial charge is 4.00 e. The first-order valence-electron chi connectivity index (χ1n) is 6.95. The fraction of sp³-hybridized carbons (Fsp3) is 0.556. The number of hydrogen-bond acceptors (Lipinski definition) is 1. The smallest absolute Gasteiger partial charge is 1.00 e. The minimum absolute atomic E-state index is 0. The molecule has 122 valence electrons. The molecule has 0 radical (unpaired) electrons. The van der Waals surface area contributed by atoms with Gasteiger partial charge in [0.05, 0.1) is 0 Å². The van der Waals surface area contributed by atoms with E-state index in [2.05, 4.69) is 73.4 Å². The molecule has 0 spiro atoms. The third kappa shape index (κ3) is 6.02. The summed E-state index contributed by atoms with van der Waals surface area (Å²) >= 11 is 0. The Balaban J connectivity index is -0.000000290. The molecule has 1 aliphatic rings. The molecule has 0 N–H and O–H groups in total. The van der Waals surface area contributed by atoms with Crippen LogP contribution in [0.5, 0.6) is 0 Å². The fourth-order valence-electron chi connectivity index (χ4n) is 2.37. The molecule has 1 heterocycles. The van der Waals surface area contributed by atoms with E-state index in [1.807, 2.05) is 0 Å². The summed E-state index contributed by atoms with van der Waals surface area (Å²) in [7, 11) is 0. The maximum absolute atomic E-state index is 4.31. The van der Waals surface area contributed by atoms with Crippen molar-refractivity contribution in [2.24, 2.45) is 5.41 Å². The maximum atomic E-state index is 4.31. The van der Waals surface area contributed by atoms with Crippen LogP contribution in [-0.4, -0.2) is 4.98 Å². The van der Waals surface area contributed by atoms with E-state index in [0.29, 0.717) is 0 Å². The molecule has 0 amide bonds. The average molecular weight is 420 g/mol. The molecule has 0 unspecified atom stereocenters. The Morgan fingerprint density at radius 1 is 0.955 bits per heavy atom. The summed E-state index contributed by atoms with van der Waals surface area (Å²) in [6.07, 6.45) is 3.44. The summed E-state index contributed by atoms with van der Waals surface area (Å²) in [6.45, 7) is 19.3. The van der Waals surface area contributed by atoms with Crippen molar-refractivity contribution >= 4 is 0 Å². The maximum Gasteiger partial charge on any atom is 4.00 e. The molecular weight excluding hydrogens is 392 g/mol. The molecule has 0 saturated heterocycles. The molecule has 0 saturated carbocycles. The molecule has 0 aromatic carbocycles. The molecule has 22 heavy (non-hydrogen) atoms. The SMILES string of the molecule is CC1=[C-]C(C)(C)C(C)=C1C.Cc1n[c-](C)c(C)c1C.[Cl-].[Cl-].[Zr+4]. The van der Waals surface area contributed by atoms with Gasteiger partial charge in [0.25, 0.3) is 0 Å². The summed E-state index contributed by atoms with van der Waals surface area (Å²) < 4.78 is 0. The van der Waals surface area contributed by atoms with Gasteiger partial charge in [-0.25, -0.2) is 5.57 Å². The van der Waals surface area contributed by atoms with Crippen molar-refractivity contribution in [3.63, 3.8) is 0 Å². The van der Waals surface area contributed by atoms with Crippen molar-refractivity contribution in [2.45, 2.75) is 62.3 Å².